The fraction of sp³-hybridized carbons (Fsp3) is 0.286. The first kappa shape index (κ1) is 14.8. The molecule has 1 aromatic carbocycles. The minimum Gasteiger partial charge on any atom is -0.462 e. The van der Waals surface area contributed by atoms with Gasteiger partial charge < -0.3 is 15.4 Å². The highest BCUT2D eigenvalue weighted by Crippen LogP contribution is 2.15. The van der Waals surface area contributed by atoms with Gasteiger partial charge in [0.05, 0.1) is 18.7 Å². The molecule has 5 heteroatoms. The molecule has 0 aliphatic rings. The summed E-state index contributed by atoms with van der Waals surface area (Å²) in [6.07, 6.45) is 1.60. The van der Waals surface area contributed by atoms with Crippen LogP contribution in [0.2, 0.25) is 0 Å². The fourth-order valence-electron chi connectivity index (χ4n) is 1.45. The number of ether oxygens (including phenoxy) is 1. The highest BCUT2D eigenvalue weighted by Gasteiger charge is 2.12. The van der Waals surface area contributed by atoms with E-state index in [1.54, 1.807) is 37.3 Å². The number of anilines is 1. The van der Waals surface area contributed by atoms with Crippen molar-refractivity contribution in [3.05, 3.63) is 42.5 Å². The maximum atomic E-state index is 11.7. The minimum absolute atomic E-state index is 0.0876. The molecule has 0 radical (unpaired) electrons. The summed E-state index contributed by atoms with van der Waals surface area (Å²) in [6.45, 7) is 6.08. The predicted octanol–water partition coefficient (Wildman–Crippen LogP) is 1.58. The van der Waals surface area contributed by atoms with Crippen LogP contribution in [0.15, 0.2) is 36.9 Å². The standard InChI is InChI=1S/C14H18N2O3/c1-3-9-15-13(17)10-16-12-8-6-5-7-11(12)14(18)19-4-2/h3,5-8,16H,1,4,9-10H2,2H3,(H,15,17). The van der Waals surface area contributed by atoms with E-state index in [0.29, 0.717) is 24.4 Å². The van der Waals surface area contributed by atoms with Crippen LogP contribution in [0.25, 0.3) is 0 Å². The second-order valence-corrected chi connectivity index (χ2v) is 3.71. The summed E-state index contributed by atoms with van der Waals surface area (Å²) in [4.78, 5) is 23.2. The Morgan fingerprint density at radius 2 is 2.11 bits per heavy atom. The molecule has 1 aromatic rings. The number of benzene rings is 1. The van der Waals surface area contributed by atoms with Crippen molar-refractivity contribution < 1.29 is 14.3 Å². The number of carbonyl (C=O) groups is 2. The molecule has 0 saturated heterocycles. The highest BCUT2D eigenvalue weighted by atomic mass is 16.5. The number of esters is 1. The molecule has 0 bridgehead atoms. The summed E-state index contributed by atoms with van der Waals surface area (Å²) in [6, 6.07) is 6.91. The van der Waals surface area contributed by atoms with E-state index in [1.807, 2.05) is 0 Å². The van der Waals surface area contributed by atoms with Gasteiger partial charge in [-0.25, -0.2) is 4.79 Å². The first-order valence-corrected chi connectivity index (χ1v) is 6.06. The van der Waals surface area contributed by atoms with Crippen LogP contribution >= 0.6 is 0 Å². The van der Waals surface area contributed by atoms with Gasteiger partial charge in [0.25, 0.3) is 0 Å². The molecule has 0 fully saturated rings. The normalized spacial score (nSPS) is 9.53. The van der Waals surface area contributed by atoms with E-state index in [2.05, 4.69) is 17.2 Å². The van der Waals surface area contributed by atoms with Gasteiger partial charge in [-0.05, 0) is 19.1 Å². The Balaban J connectivity index is 2.65. The van der Waals surface area contributed by atoms with Crippen LogP contribution in [-0.2, 0) is 9.53 Å². The smallest absolute Gasteiger partial charge is 0.340 e. The van der Waals surface area contributed by atoms with Gasteiger partial charge >= 0.3 is 5.97 Å². The number of carbonyl (C=O) groups excluding carboxylic acids is 2. The van der Waals surface area contributed by atoms with E-state index >= 15 is 0 Å². The summed E-state index contributed by atoms with van der Waals surface area (Å²) < 4.78 is 4.95. The zero-order valence-corrected chi connectivity index (χ0v) is 10.9. The summed E-state index contributed by atoms with van der Waals surface area (Å²) in [5, 5.41) is 5.55. The first-order valence-electron chi connectivity index (χ1n) is 6.06. The molecule has 19 heavy (non-hydrogen) atoms. The number of hydrogen-bond acceptors (Lipinski definition) is 4. The van der Waals surface area contributed by atoms with Gasteiger partial charge in [-0.1, -0.05) is 18.2 Å². The first-order chi connectivity index (χ1) is 9.19. The molecule has 0 heterocycles. The molecule has 0 aliphatic heterocycles. The Morgan fingerprint density at radius 1 is 1.37 bits per heavy atom. The Morgan fingerprint density at radius 3 is 2.79 bits per heavy atom. The van der Waals surface area contributed by atoms with Crippen LogP contribution in [0.3, 0.4) is 0 Å². The third-order valence-electron chi connectivity index (χ3n) is 2.31. The monoisotopic (exact) mass is 262 g/mol. The highest BCUT2D eigenvalue weighted by molar-refractivity contribution is 5.96. The van der Waals surface area contributed by atoms with Crippen LogP contribution in [0.4, 0.5) is 5.69 Å². The summed E-state index contributed by atoms with van der Waals surface area (Å²) >= 11 is 0. The SMILES string of the molecule is C=CCNC(=O)CNc1ccccc1C(=O)OCC. The van der Waals surface area contributed by atoms with Crippen molar-refractivity contribution in [2.45, 2.75) is 6.92 Å². The van der Waals surface area contributed by atoms with E-state index in [-0.39, 0.29) is 12.5 Å². The van der Waals surface area contributed by atoms with E-state index in [0.717, 1.165) is 0 Å². The van der Waals surface area contributed by atoms with Crippen molar-refractivity contribution in [1.29, 1.82) is 0 Å². The van der Waals surface area contributed by atoms with Gasteiger partial charge in [0.15, 0.2) is 0 Å². The van der Waals surface area contributed by atoms with Gasteiger partial charge in [0.2, 0.25) is 5.91 Å². The molecule has 2 N–H and O–H groups in total. The summed E-state index contributed by atoms with van der Waals surface area (Å²) in [5.41, 5.74) is 0.996. The molecule has 0 aromatic heterocycles. The van der Waals surface area contributed by atoms with E-state index in [9.17, 15) is 9.59 Å². The van der Waals surface area contributed by atoms with E-state index < -0.39 is 5.97 Å². The average molecular weight is 262 g/mol. The molecular weight excluding hydrogens is 244 g/mol. The minimum atomic E-state index is -0.405. The van der Waals surface area contributed by atoms with Gasteiger partial charge in [0, 0.05) is 12.2 Å². The zero-order chi connectivity index (χ0) is 14.1. The Kier molecular flexibility index (Phi) is 6.15. The molecular formula is C14H18N2O3. The largest absolute Gasteiger partial charge is 0.462 e. The molecule has 102 valence electrons. The van der Waals surface area contributed by atoms with E-state index in [4.69, 9.17) is 4.74 Å². The van der Waals surface area contributed by atoms with Crippen LogP contribution in [0, 0.1) is 0 Å². The van der Waals surface area contributed by atoms with Crippen molar-refractivity contribution in [1.82, 2.24) is 5.32 Å². The van der Waals surface area contributed by atoms with Gasteiger partial charge in [-0.15, -0.1) is 6.58 Å². The molecule has 1 rings (SSSR count). The third kappa shape index (κ3) is 4.83. The van der Waals surface area contributed by atoms with Gasteiger partial charge in [-0.2, -0.15) is 0 Å². The lowest BCUT2D eigenvalue weighted by molar-refractivity contribution is -0.119. The van der Waals surface area contributed by atoms with Crippen LogP contribution in [-0.4, -0.2) is 31.6 Å². The maximum Gasteiger partial charge on any atom is 0.340 e. The second kappa shape index (κ2) is 7.92. The molecule has 0 saturated carbocycles. The molecule has 1 amide bonds. The van der Waals surface area contributed by atoms with Crippen molar-refractivity contribution in [2.75, 3.05) is 25.0 Å². The molecule has 0 spiro atoms. The van der Waals surface area contributed by atoms with Crippen LogP contribution in [0.1, 0.15) is 17.3 Å². The number of nitrogens with one attached hydrogen (secondary N) is 2. The zero-order valence-electron chi connectivity index (χ0n) is 10.9. The summed E-state index contributed by atoms with van der Waals surface area (Å²) in [7, 11) is 0. The molecule has 0 unspecified atom stereocenters. The molecule has 0 atom stereocenters. The van der Waals surface area contributed by atoms with Crippen molar-refractivity contribution in [3.63, 3.8) is 0 Å². The molecule has 0 aliphatic carbocycles. The van der Waals surface area contributed by atoms with Crippen molar-refractivity contribution in [2.24, 2.45) is 0 Å². The van der Waals surface area contributed by atoms with Gasteiger partial charge in [0.1, 0.15) is 0 Å². The van der Waals surface area contributed by atoms with Crippen molar-refractivity contribution in [3.8, 4) is 0 Å². The second-order valence-electron chi connectivity index (χ2n) is 3.71. The quantitative estimate of drug-likeness (QED) is 0.578. The number of para-hydroxylation sites is 1. The summed E-state index contributed by atoms with van der Waals surface area (Å²) in [5.74, 6) is -0.573. The fourth-order valence-corrected chi connectivity index (χ4v) is 1.45. The van der Waals surface area contributed by atoms with Crippen molar-refractivity contribution >= 4 is 17.6 Å². The van der Waals surface area contributed by atoms with E-state index in [1.165, 1.54) is 0 Å². The predicted molar refractivity (Wildman–Crippen MR) is 74.1 cm³/mol. The van der Waals surface area contributed by atoms with Crippen LogP contribution < -0.4 is 10.6 Å². The maximum absolute atomic E-state index is 11.7. The lowest BCUT2D eigenvalue weighted by Crippen LogP contribution is -2.30. The van der Waals surface area contributed by atoms with Crippen LogP contribution in [0.5, 0.6) is 0 Å². The topological polar surface area (TPSA) is 67.4 Å². The van der Waals surface area contributed by atoms with Gasteiger partial charge in [-0.3, -0.25) is 4.79 Å². The number of amides is 1. The Bertz CT molecular complexity index is 458. The Labute approximate surface area is 112 Å². The number of rotatable bonds is 7. The third-order valence-corrected chi connectivity index (χ3v) is 2.31. The average Bonchev–Trinajstić information content (AvgIpc) is 2.43. The molecule has 5 nitrogen and oxygen atoms in total. The lowest BCUT2D eigenvalue weighted by atomic mass is 10.2. The number of hydrogen-bond donors (Lipinski definition) is 2. The Hall–Kier alpha value is -2.30. The lowest BCUT2D eigenvalue weighted by Gasteiger charge is -2.10.